The van der Waals surface area contributed by atoms with Gasteiger partial charge in [0.25, 0.3) is 5.91 Å². The number of carbonyl (C=O) groups is 2. The van der Waals surface area contributed by atoms with E-state index in [2.05, 4.69) is 4.98 Å². The van der Waals surface area contributed by atoms with E-state index in [1.54, 1.807) is 19.2 Å². The first kappa shape index (κ1) is 12.3. The zero-order chi connectivity index (χ0) is 13.1. The number of anilines is 1. The van der Waals surface area contributed by atoms with Crippen LogP contribution in [0.2, 0.25) is 0 Å². The Balaban J connectivity index is 2.23. The lowest BCUT2D eigenvalue weighted by Gasteiger charge is -2.15. The summed E-state index contributed by atoms with van der Waals surface area (Å²) < 4.78 is 0. The lowest BCUT2D eigenvalue weighted by molar-refractivity contribution is 0.0691. The van der Waals surface area contributed by atoms with Crippen molar-refractivity contribution < 1.29 is 14.7 Å². The number of amides is 1. The Hall–Kier alpha value is -2.21. The summed E-state index contributed by atoms with van der Waals surface area (Å²) in [5.74, 6) is -1.45. The third kappa shape index (κ3) is 2.38. The molecule has 0 unspecified atom stereocenters. The number of hydrogen-bond donors (Lipinski definition) is 1. The Labute approximate surface area is 107 Å². The number of aromatic carboxylic acids is 1. The number of aromatic nitrogens is 1. The van der Waals surface area contributed by atoms with Gasteiger partial charge in [0.15, 0.2) is 10.7 Å². The Morgan fingerprint density at radius 1 is 1.28 bits per heavy atom. The molecule has 0 radical (unpaired) electrons. The highest BCUT2D eigenvalue weighted by molar-refractivity contribution is 7.12. The molecule has 1 heterocycles. The Bertz CT molecular complexity index is 580. The van der Waals surface area contributed by atoms with Crippen LogP contribution < -0.4 is 4.90 Å². The van der Waals surface area contributed by atoms with Crippen LogP contribution in [0.4, 0.5) is 5.69 Å². The average Bonchev–Trinajstić information content (AvgIpc) is 2.88. The molecule has 2 aromatic rings. The molecule has 0 aliphatic carbocycles. The lowest BCUT2D eigenvalue weighted by Crippen LogP contribution is -2.26. The molecular formula is C12H10N2O3S. The molecule has 1 aromatic heterocycles. The summed E-state index contributed by atoms with van der Waals surface area (Å²) in [4.78, 5) is 28.0. The van der Waals surface area contributed by atoms with Crippen LogP contribution in [0.25, 0.3) is 0 Å². The third-order valence-electron chi connectivity index (χ3n) is 2.35. The van der Waals surface area contributed by atoms with Gasteiger partial charge >= 0.3 is 5.97 Å². The van der Waals surface area contributed by atoms with Gasteiger partial charge in [-0.15, -0.1) is 11.3 Å². The van der Waals surface area contributed by atoms with E-state index in [9.17, 15) is 9.59 Å². The molecule has 92 valence electrons. The van der Waals surface area contributed by atoms with Crippen LogP contribution in [-0.2, 0) is 0 Å². The number of carboxylic acids is 1. The first-order valence-corrected chi connectivity index (χ1v) is 5.99. The highest BCUT2D eigenvalue weighted by atomic mass is 32.1. The zero-order valence-corrected chi connectivity index (χ0v) is 10.3. The van der Waals surface area contributed by atoms with Crippen LogP contribution in [-0.4, -0.2) is 29.0 Å². The average molecular weight is 262 g/mol. The van der Waals surface area contributed by atoms with Crippen molar-refractivity contribution in [2.75, 3.05) is 11.9 Å². The number of para-hydroxylation sites is 1. The maximum Gasteiger partial charge on any atom is 0.355 e. The van der Waals surface area contributed by atoms with Gasteiger partial charge in [-0.25, -0.2) is 9.78 Å². The van der Waals surface area contributed by atoms with Gasteiger partial charge in [-0.3, -0.25) is 4.79 Å². The van der Waals surface area contributed by atoms with Gasteiger partial charge in [0.05, 0.1) is 0 Å². The van der Waals surface area contributed by atoms with Crippen LogP contribution in [0.5, 0.6) is 0 Å². The van der Waals surface area contributed by atoms with Crippen LogP contribution in [0.3, 0.4) is 0 Å². The van der Waals surface area contributed by atoms with Gasteiger partial charge in [0, 0.05) is 18.1 Å². The van der Waals surface area contributed by atoms with E-state index in [4.69, 9.17) is 5.11 Å². The van der Waals surface area contributed by atoms with Gasteiger partial charge in [-0.2, -0.15) is 0 Å². The molecule has 18 heavy (non-hydrogen) atoms. The minimum Gasteiger partial charge on any atom is -0.476 e. The number of carbonyl (C=O) groups excluding carboxylic acids is 1. The van der Waals surface area contributed by atoms with E-state index in [1.165, 1.54) is 10.3 Å². The van der Waals surface area contributed by atoms with Gasteiger partial charge in [-0.05, 0) is 12.1 Å². The second kappa shape index (κ2) is 4.97. The molecule has 0 aliphatic rings. The van der Waals surface area contributed by atoms with E-state index in [1.807, 2.05) is 18.2 Å². The van der Waals surface area contributed by atoms with Crippen LogP contribution in [0.15, 0.2) is 35.7 Å². The summed E-state index contributed by atoms with van der Waals surface area (Å²) >= 11 is 1.03. The van der Waals surface area contributed by atoms with E-state index < -0.39 is 5.97 Å². The summed E-state index contributed by atoms with van der Waals surface area (Å²) in [6.07, 6.45) is 0. The Kier molecular flexibility index (Phi) is 3.38. The molecule has 1 N–H and O–H groups in total. The molecule has 1 aromatic carbocycles. The molecule has 0 fully saturated rings. The van der Waals surface area contributed by atoms with Crippen LogP contribution >= 0.6 is 11.3 Å². The minimum absolute atomic E-state index is 0.107. The van der Waals surface area contributed by atoms with Crippen molar-refractivity contribution in [1.29, 1.82) is 0 Å². The Morgan fingerprint density at radius 3 is 2.50 bits per heavy atom. The summed E-state index contributed by atoms with van der Waals surface area (Å²) in [6.45, 7) is 0. The maximum absolute atomic E-state index is 12.1. The molecule has 0 saturated heterocycles. The van der Waals surface area contributed by atoms with Crippen molar-refractivity contribution in [2.45, 2.75) is 0 Å². The number of hydrogen-bond acceptors (Lipinski definition) is 4. The highest BCUT2D eigenvalue weighted by Crippen LogP contribution is 2.17. The van der Waals surface area contributed by atoms with Crippen molar-refractivity contribution in [3.8, 4) is 0 Å². The zero-order valence-electron chi connectivity index (χ0n) is 9.53. The van der Waals surface area contributed by atoms with Gasteiger partial charge in [0.1, 0.15) is 0 Å². The van der Waals surface area contributed by atoms with E-state index in [0.717, 1.165) is 17.0 Å². The fraction of sp³-hybridized carbons (Fsp3) is 0.0833. The summed E-state index contributed by atoms with van der Waals surface area (Å²) in [6, 6.07) is 9.09. The first-order valence-electron chi connectivity index (χ1n) is 5.11. The smallest absolute Gasteiger partial charge is 0.355 e. The van der Waals surface area contributed by atoms with Crippen molar-refractivity contribution in [3.63, 3.8) is 0 Å². The Morgan fingerprint density at radius 2 is 1.94 bits per heavy atom. The molecule has 1 amide bonds. The molecule has 0 saturated carbocycles. The maximum atomic E-state index is 12.1. The molecular weight excluding hydrogens is 252 g/mol. The SMILES string of the molecule is CN(C(=O)c1nc(C(=O)O)cs1)c1ccccc1. The van der Waals surface area contributed by atoms with Crippen LogP contribution in [0.1, 0.15) is 20.3 Å². The molecule has 0 atom stereocenters. The van der Waals surface area contributed by atoms with Crippen molar-refractivity contribution in [2.24, 2.45) is 0 Å². The number of thiazole rings is 1. The molecule has 5 nitrogen and oxygen atoms in total. The van der Waals surface area contributed by atoms with Gasteiger partial charge in [0.2, 0.25) is 0 Å². The fourth-order valence-corrected chi connectivity index (χ4v) is 2.15. The summed E-state index contributed by atoms with van der Waals surface area (Å²) in [5.41, 5.74) is 0.624. The molecule has 0 aliphatic heterocycles. The normalized spacial score (nSPS) is 10.1. The summed E-state index contributed by atoms with van der Waals surface area (Å²) in [5, 5.41) is 10.3. The third-order valence-corrected chi connectivity index (χ3v) is 3.18. The number of benzene rings is 1. The topological polar surface area (TPSA) is 70.5 Å². The minimum atomic E-state index is -1.13. The quantitative estimate of drug-likeness (QED) is 0.919. The first-order chi connectivity index (χ1) is 8.59. The molecule has 0 spiro atoms. The van der Waals surface area contributed by atoms with Crippen molar-refractivity contribution in [1.82, 2.24) is 4.98 Å². The second-order valence-electron chi connectivity index (χ2n) is 3.54. The van der Waals surface area contributed by atoms with Crippen LogP contribution in [0, 0.1) is 0 Å². The van der Waals surface area contributed by atoms with E-state index in [-0.39, 0.29) is 16.6 Å². The standard InChI is InChI=1S/C12H10N2O3S/c1-14(8-5-3-2-4-6-8)11(15)10-13-9(7-18-10)12(16)17/h2-7H,1H3,(H,16,17). The van der Waals surface area contributed by atoms with E-state index >= 15 is 0 Å². The number of carboxylic acid groups (broad SMARTS) is 1. The highest BCUT2D eigenvalue weighted by Gasteiger charge is 2.18. The van der Waals surface area contributed by atoms with E-state index in [0.29, 0.717) is 0 Å². The van der Waals surface area contributed by atoms with Gasteiger partial charge in [-0.1, -0.05) is 18.2 Å². The second-order valence-corrected chi connectivity index (χ2v) is 4.40. The predicted molar refractivity (Wildman–Crippen MR) is 68.2 cm³/mol. The predicted octanol–water partition coefficient (Wildman–Crippen LogP) is 2.12. The molecule has 6 heteroatoms. The fourth-order valence-electron chi connectivity index (χ4n) is 1.38. The van der Waals surface area contributed by atoms with Gasteiger partial charge < -0.3 is 10.0 Å². The monoisotopic (exact) mass is 262 g/mol. The number of rotatable bonds is 3. The largest absolute Gasteiger partial charge is 0.476 e. The van der Waals surface area contributed by atoms with Crippen molar-refractivity contribution >= 4 is 28.9 Å². The number of nitrogens with zero attached hydrogens (tertiary/aromatic N) is 2. The molecule has 0 bridgehead atoms. The summed E-state index contributed by atoms with van der Waals surface area (Å²) in [7, 11) is 1.62. The molecule has 2 rings (SSSR count). The van der Waals surface area contributed by atoms with Crippen molar-refractivity contribution in [3.05, 3.63) is 46.4 Å². The lowest BCUT2D eigenvalue weighted by atomic mass is 10.3.